The number of likely N-dealkylation sites (N-methyl/N-ethyl adjacent to an activating group) is 1. The number of carbonyl (C=O) groups is 2. The third-order valence-electron chi connectivity index (χ3n) is 5.13. The van der Waals surface area contributed by atoms with Crippen molar-refractivity contribution < 1.29 is 14.0 Å². The van der Waals surface area contributed by atoms with Gasteiger partial charge in [-0.05, 0) is 31.9 Å². The lowest BCUT2D eigenvalue weighted by Crippen LogP contribution is -2.52. The molecule has 1 unspecified atom stereocenters. The predicted octanol–water partition coefficient (Wildman–Crippen LogP) is 1.12. The Balaban J connectivity index is 1.45. The predicted molar refractivity (Wildman–Crippen MR) is 89.3 cm³/mol. The zero-order valence-electron chi connectivity index (χ0n) is 14.4. The van der Waals surface area contributed by atoms with E-state index in [1.54, 1.807) is 11.2 Å². The minimum Gasteiger partial charge on any atom is -0.467 e. The van der Waals surface area contributed by atoms with Gasteiger partial charge in [-0.15, -0.1) is 0 Å². The summed E-state index contributed by atoms with van der Waals surface area (Å²) in [5.74, 6) is 0.771. The Morgan fingerprint density at radius 3 is 2.67 bits per heavy atom. The van der Waals surface area contributed by atoms with Gasteiger partial charge < -0.3 is 19.5 Å². The normalized spacial score (nSPS) is 21.3. The Bertz CT molecular complexity index is 566. The molecule has 0 saturated carbocycles. The smallest absolute Gasteiger partial charge is 0.320 e. The number of carbonyl (C=O) groups excluding carboxylic acids is 2. The molecule has 24 heavy (non-hydrogen) atoms. The van der Waals surface area contributed by atoms with Crippen molar-refractivity contribution in [2.75, 3.05) is 33.2 Å². The van der Waals surface area contributed by atoms with Crippen LogP contribution in [0.3, 0.4) is 0 Å². The van der Waals surface area contributed by atoms with Crippen molar-refractivity contribution in [3.63, 3.8) is 0 Å². The molecule has 132 valence electrons. The summed E-state index contributed by atoms with van der Waals surface area (Å²) in [4.78, 5) is 30.3. The van der Waals surface area contributed by atoms with Crippen LogP contribution in [0.15, 0.2) is 22.8 Å². The van der Waals surface area contributed by atoms with E-state index in [2.05, 4.69) is 10.2 Å². The van der Waals surface area contributed by atoms with E-state index in [1.807, 2.05) is 31.0 Å². The van der Waals surface area contributed by atoms with Gasteiger partial charge in [0.1, 0.15) is 5.76 Å². The summed E-state index contributed by atoms with van der Waals surface area (Å²) in [6.07, 6.45) is 3.46. The zero-order valence-corrected chi connectivity index (χ0v) is 14.4. The summed E-state index contributed by atoms with van der Waals surface area (Å²) in [5.41, 5.74) is 0. The van der Waals surface area contributed by atoms with E-state index in [0.29, 0.717) is 12.6 Å². The van der Waals surface area contributed by atoms with Crippen molar-refractivity contribution in [1.29, 1.82) is 0 Å². The second-order valence-electron chi connectivity index (χ2n) is 6.64. The molecule has 3 rings (SSSR count). The van der Waals surface area contributed by atoms with Crippen molar-refractivity contribution in [1.82, 2.24) is 20.0 Å². The maximum absolute atomic E-state index is 12.3. The van der Waals surface area contributed by atoms with Crippen LogP contribution in [-0.2, 0) is 11.3 Å². The van der Waals surface area contributed by atoms with Gasteiger partial charge in [0, 0.05) is 39.3 Å². The number of nitrogens with zero attached hydrogens (tertiary/aromatic N) is 3. The second kappa shape index (κ2) is 7.25. The van der Waals surface area contributed by atoms with Crippen LogP contribution in [-0.4, -0.2) is 71.9 Å². The number of piperidine rings is 1. The molecule has 2 aliphatic heterocycles. The number of nitrogens with one attached hydrogen (secondary N) is 1. The summed E-state index contributed by atoms with van der Waals surface area (Å²) in [6.45, 7) is 5.67. The quantitative estimate of drug-likeness (QED) is 0.876. The molecule has 0 bridgehead atoms. The molecule has 1 aromatic rings. The third kappa shape index (κ3) is 3.56. The molecule has 1 N–H and O–H groups in total. The molecule has 7 nitrogen and oxygen atoms in total. The molecule has 0 aliphatic carbocycles. The van der Waals surface area contributed by atoms with Crippen LogP contribution >= 0.6 is 0 Å². The first kappa shape index (κ1) is 16.8. The first-order valence-corrected chi connectivity index (χ1v) is 8.62. The number of amides is 3. The van der Waals surface area contributed by atoms with E-state index >= 15 is 0 Å². The molecule has 3 heterocycles. The van der Waals surface area contributed by atoms with Crippen LogP contribution in [0.25, 0.3) is 0 Å². The zero-order chi connectivity index (χ0) is 17.1. The lowest BCUT2D eigenvalue weighted by molar-refractivity contribution is -0.126. The van der Waals surface area contributed by atoms with Gasteiger partial charge in [0.15, 0.2) is 0 Å². The van der Waals surface area contributed by atoms with Crippen molar-refractivity contribution in [2.24, 2.45) is 0 Å². The number of furan rings is 1. The van der Waals surface area contributed by atoms with Gasteiger partial charge in [-0.25, -0.2) is 4.79 Å². The first-order valence-electron chi connectivity index (χ1n) is 8.62. The summed E-state index contributed by atoms with van der Waals surface area (Å²) in [7, 11) is 1.85. The highest BCUT2D eigenvalue weighted by molar-refractivity contribution is 5.81. The maximum atomic E-state index is 12.3. The highest BCUT2D eigenvalue weighted by Crippen LogP contribution is 2.21. The molecule has 2 aliphatic rings. The molecule has 0 aromatic carbocycles. The van der Waals surface area contributed by atoms with Crippen molar-refractivity contribution in [3.05, 3.63) is 24.2 Å². The molecule has 0 radical (unpaired) electrons. The monoisotopic (exact) mass is 334 g/mol. The van der Waals surface area contributed by atoms with E-state index in [0.717, 1.165) is 44.8 Å². The Kier molecular flexibility index (Phi) is 5.08. The molecule has 7 heteroatoms. The van der Waals surface area contributed by atoms with E-state index in [4.69, 9.17) is 4.42 Å². The van der Waals surface area contributed by atoms with Crippen molar-refractivity contribution in [3.8, 4) is 0 Å². The fourth-order valence-electron chi connectivity index (χ4n) is 3.49. The van der Waals surface area contributed by atoms with Crippen LogP contribution in [0.5, 0.6) is 0 Å². The van der Waals surface area contributed by atoms with Crippen LogP contribution in [0.4, 0.5) is 4.79 Å². The maximum Gasteiger partial charge on any atom is 0.320 e. The van der Waals surface area contributed by atoms with E-state index in [-0.39, 0.29) is 18.0 Å². The Labute approximate surface area is 142 Å². The summed E-state index contributed by atoms with van der Waals surface area (Å²) < 4.78 is 5.23. The third-order valence-corrected chi connectivity index (χ3v) is 5.13. The molecule has 3 amide bonds. The van der Waals surface area contributed by atoms with Gasteiger partial charge in [0.25, 0.3) is 0 Å². The van der Waals surface area contributed by atoms with E-state index in [1.165, 1.54) is 0 Å². The first-order chi connectivity index (χ1) is 11.6. The number of urea groups is 1. The second-order valence-corrected chi connectivity index (χ2v) is 6.64. The van der Waals surface area contributed by atoms with E-state index in [9.17, 15) is 9.59 Å². The molecule has 1 atom stereocenters. The minimum atomic E-state index is -0.169. The van der Waals surface area contributed by atoms with Crippen LogP contribution in [0, 0.1) is 0 Å². The molecular formula is C17H26N4O3. The van der Waals surface area contributed by atoms with Crippen molar-refractivity contribution in [2.45, 2.75) is 38.4 Å². The molecule has 2 fully saturated rings. The summed E-state index contributed by atoms with van der Waals surface area (Å²) in [5, 5.41) is 2.92. The van der Waals surface area contributed by atoms with Crippen molar-refractivity contribution >= 4 is 11.9 Å². The lowest BCUT2D eigenvalue weighted by Gasteiger charge is -2.38. The Hall–Kier alpha value is -2.02. The van der Waals surface area contributed by atoms with Gasteiger partial charge in [0.2, 0.25) is 5.91 Å². The largest absolute Gasteiger partial charge is 0.467 e. The van der Waals surface area contributed by atoms with Gasteiger partial charge >= 0.3 is 6.03 Å². The Morgan fingerprint density at radius 2 is 2.08 bits per heavy atom. The van der Waals surface area contributed by atoms with Gasteiger partial charge in [0.05, 0.1) is 18.8 Å². The van der Waals surface area contributed by atoms with Crippen LogP contribution in [0.1, 0.15) is 25.5 Å². The number of rotatable bonds is 5. The molecule has 2 saturated heterocycles. The molecule has 1 aromatic heterocycles. The topological polar surface area (TPSA) is 69.0 Å². The lowest BCUT2D eigenvalue weighted by atomic mass is 10.0. The summed E-state index contributed by atoms with van der Waals surface area (Å²) >= 11 is 0. The van der Waals surface area contributed by atoms with E-state index < -0.39 is 0 Å². The minimum absolute atomic E-state index is 0.0156. The standard InChI is InChI=1S/C17H26N4O3/c1-13(16(22)18-12-15-4-3-11-24-15)20-7-5-14(6-8-20)21-10-9-19(2)17(21)23/h3-4,11,13-14H,5-10,12H2,1-2H3,(H,18,22). The fourth-order valence-corrected chi connectivity index (χ4v) is 3.49. The average Bonchev–Trinajstić information content (AvgIpc) is 3.23. The molecular weight excluding hydrogens is 308 g/mol. The summed E-state index contributed by atoms with van der Waals surface area (Å²) in [6, 6.07) is 3.93. The van der Waals surface area contributed by atoms with Gasteiger partial charge in [-0.1, -0.05) is 0 Å². The van der Waals surface area contributed by atoms with Gasteiger partial charge in [-0.2, -0.15) is 0 Å². The SMILES string of the molecule is CC(C(=O)NCc1ccco1)N1CCC(N2CCN(C)C2=O)CC1. The van der Waals surface area contributed by atoms with Crippen LogP contribution < -0.4 is 5.32 Å². The number of hydrogen-bond acceptors (Lipinski definition) is 4. The Morgan fingerprint density at radius 1 is 1.33 bits per heavy atom. The number of likely N-dealkylation sites (tertiary alicyclic amines) is 1. The fraction of sp³-hybridized carbons (Fsp3) is 0.647. The van der Waals surface area contributed by atoms with Gasteiger partial charge in [-0.3, -0.25) is 9.69 Å². The number of hydrogen-bond donors (Lipinski definition) is 1. The van der Waals surface area contributed by atoms with Crippen LogP contribution in [0.2, 0.25) is 0 Å². The average molecular weight is 334 g/mol. The highest BCUT2D eigenvalue weighted by Gasteiger charge is 2.35. The molecule has 0 spiro atoms. The highest BCUT2D eigenvalue weighted by atomic mass is 16.3.